The lowest BCUT2D eigenvalue weighted by molar-refractivity contribution is 0.0961. The molecule has 2 aromatic rings. The van der Waals surface area contributed by atoms with Crippen LogP contribution in [0.2, 0.25) is 0 Å². The van der Waals surface area contributed by atoms with Crippen molar-refractivity contribution < 1.29 is 9.59 Å². The molecule has 1 heterocycles. The molecule has 4 N–H and O–H groups in total. The third kappa shape index (κ3) is 2.92. The molecule has 2 rings (SSSR count). The number of hydrogen-bond acceptors (Lipinski definition) is 4. The maximum Gasteiger partial charge on any atom is 0.252 e. The predicted molar refractivity (Wildman–Crippen MR) is 75.9 cm³/mol. The first-order valence-electron chi connectivity index (χ1n) is 5.95. The second-order valence-corrected chi connectivity index (χ2v) is 4.07. The Labute approximate surface area is 116 Å². The molecule has 0 bridgehead atoms. The SMILES string of the molecule is CNC(=O)c1ccc(Nc2ccncc2C(N)=O)cc1. The Bertz CT molecular complexity index is 638. The molecule has 0 saturated heterocycles. The van der Waals surface area contributed by atoms with Gasteiger partial charge in [0.1, 0.15) is 0 Å². The van der Waals surface area contributed by atoms with Gasteiger partial charge in [-0.2, -0.15) is 0 Å². The molecule has 0 saturated carbocycles. The molecule has 0 aliphatic carbocycles. The van der Waals surface area contributed by atoms with Crippen molar-refractivity contribution in [3.8, 4) is 0 Å². The van der Waals surface area contributed by atoms with Crippen LogP contribution in [0.1, 0.15) is 20.7 Å². The number of amides is 2. The minimum Gasteiger partial charge on any atom is -0.365 e. The molecule has 6 nitrogen and oxygen atoms in total. The lowest BCUT2D eigenvalue weighted by Crippen LogP contribution is -2.17. The fourth-order valence-electron chi connectivity index (χ4n) is 1.70. The van der Waals surface area contributed by atoms with Crippen LogP contribution in [0.25, 0.3) is 0 Å². The molecule has 0 spiro atoms. The maximum absolute atomic E-state index is 11.4. The van der Waals surface area contributed by atoms with Crippen molar-refractivity contribution >= 4 is 23.2 Å². The number of nitrogens with two attached hydrogens (primary N) is 1. The summed E-state index contributed by atoms with van der Waals surface area (Å²) in [7, 11) is 1.57. The highest BCUT2D eigenvalue weighted by Gasteiger charge is 2.08. The van der Waals surface area contributed by atoms with Gasteiger partial charge < -0.3 is 16.4 Å². The first-order valence-corrected chi connectivity index (χ1v) is 5.95. The zero-order chi connectivity index (χ0) is 14.5. The van der Waals surface area contributed by atoms with E-state index in [9.17, 15) is 9.59 Å². The van der Waals surface area contributed by atoms with E-state index >= 15 is 0 Å². The molecule has 0 aliphatic rings. The Morgan fingerprint density at radius 3 is 2.45 bits per heavy atom. The van der Waals surface area contributed by atoms with Crippen LogP contribution >= 0.6 is 0 Å². The van der Waals surface area contributed by atoms with E-state index in [-0.39, 0.29) is 5.91 Å². The number of carbonyl (C=O) groups is 2. The highest BCUT2D eigenvalue weighted by Crippen LogP contribution is 2.20. The smallest absolute Gasteiger partial charge is 0.252 e. The third-order valence-electron chi connectivity index (χ3n) is 2.74. The summed E-state index contributed by atoms with van der Waals surface area (Å²) in [4.78, 5) is 26.6. The van der Waals surface area contributed by atoms with Crippen LogP contribution < -0.4 is 16.4 Å². The van der Waals surface area contributed by atoms with E-state index in [4.69, 9.17) is 5.73 Å². The number of nitrogens with one attached hydrogen (secondary N) is 2. The number of benzene rings is 1. The van der Waals surface area contributed by atoms with Crippen molar-refractivity contribution in [1.29, 1.82) is 0 Å². The van der Waals surface area contributed by atoms with Crippen LogP contribution in [-0.4, -0.2) is 23.8 Å². The Morgan fingerprint density at radius 2 is 1.85 bits per heavy atom. The number of nitrogens with zero attached hydrogens (tertiary/aromatic N) is 1. The summed E-state index contributed by atoms with van der Waals surface area (Å²) in [5, 5.41) is 5.61. The molecule has 0 radical (unpaired) electrons. The molecule has 0 aliphatic heterocycles. The Balaban J connectivity index is 2.23. The summed E-state index contributed by atoms with van der Waals surface area (Å²) >= 11 is 0. The number of pyridine rings is 1. The van der Waals surface area contributed by atoms with Crippen molar-refractivity contribution in [2.75, 3.05) is 12.4 Å². The quantitative estimate of drug-likeness (QED) is 0.779. The number of hydrogen-bond donors (Lipinski definition) is 3. The van der Waals surface area contributed by atoms with Crippen LogP contribution in [0.4, 0.5) is 11.4 Å². The third-order valence-corrected chi connectivity index (χ3v) is 2.74. The first-order chi connectivity index (χ1) is 9.61. The largest absolute Gasteiger partial charge is 0.365 e. The van der Waals surface area contributed by atoms with Crippen LogP contribution in [0.5, 0.6) is 0 Å². The van der Waals surface area contributed by atoms with Crippen LogP contribution in [-0.2, 0) is 0 Å². The van der Waals surface area contributed by atoms with Gasteiger partial charge >= 0.3 is 0 Å². The second kappa shape index (κ2) is 5.83. The fourth-order valence-corrected chi connectivity index (χ4v) is 1.70. The fraction of sp³-hybridized carbons (Fsp3) is 0.0714. The van der Waals surface area contributed by atoms with Crippen LogP contribution in [0.3, 0.4) is 0 Å². The van der Waals surface area contributed by atoms with Crippen molar-refractivity contribution in [3.05, 3.63) is 53.9 Å². The molecule has 20 heavy (non-hydrogen) atoms. The average molecular weight is 270 g/mol. The second-order valence-electron chi connectivity index (χ2n) is 4.07. The number of primary amides is 1. The summed E-state index contributed by atoms with van der Waals surface area (Å²) in [6, 6.07) is 8.52. The lowest BCUT2D eigenvalue weighted by atomic mass is 10.1. The summed E-state index contributed by atoms with van der Waals surface area (Å²) in [6.45, 7) is 0. The Hall–Kier alpha value is -2.89. The number of carbonyl (C=O) groups excluding carboxylic acids is 2. The van der Waals surface area contributed by atoms with Crippen LogP contribution in [0.15, 0.2) is 42.7 Å². The van der Waals surface area contributed by atoms with Crippen molar-refractivity contribution in [2.24, 2.45) is 5.73 Å². The summed E-state index contributed by atoms with van der Waals surface area (Å²) in [5.41, 5.74) is 7.46. The molecule has 0 fully saturated rings. The molecular formula is C14H14N4O2. The molecule has 0 unspecified atom stereocenters. The molecule has 1 aromatic heterocycles. The zero-order valence-electron chi connectivity index (χ0n) is 10.9. The van der Waals surface area contributed by atoms with E-state index in [2.05, 4.69) is 15.6 Å². The van der Waals surface area contributed by atoms with Gasteiger partial charge in [-0.05, 0) is 30.3 Å². The van der Waals surface area contributed by atoms with E-state index in [1.165, 1.54) is 6.20 Å². The van der Waals surface area contributed by atoms with Gasteiger partial charge in [0.2, 0.25) is 0 Å². The highest BCUT2D eigenvalue weighted by atomic mass is 16.1. The number of aromatic nitrogens is 1. The van der Waals surface area contributed by atoms with Gasteiger partial charge in [-0.15, -0.1) is 0 Å². The van der Waals surface area contributed by atoms with Crippen molar-refractivity contribution in [1.82, 2.24) is 10.3 Å². The minimum absolute atomic E-state index is 0.154. The molecule has 6 heteroatoms. The normalized spacial score (nSPS) is 9.85. The maximum atomic E-state index is 11.4. The summed E-state index contributed by atoms with van der Waals surface area (Å²) in [6.07, 6.45) is 2.97. The minimum atomic E-state index is -0.553. The Kier molecular flexibility index (Phi) is 3.95. The molecule has 0 atom stereocenters. The summed E-state index contributed by atoms with van der Waals surface area (Å²) < 4.78 is 0. The van der Waals surface area contributed by atoms with Gasteiger partial charge in [-0.25, -0.2) is 0 Å². The monoisotopic (exact) mass is 270 g/mol. The predicted octanol–water partition coefficient (Wildman–Crippen LogP) is 1.28. The molecule has 102 valence electrons. The first kappa shape index (κ1) is 13.5. The number of anilines is 2. The van der Waals surface area contributed by atoms with Gasteiger partial charge in [-0.3, -0.25) is 14.6 Å². The van der Waals surface area contributed by atoms with Gasteiger partial charge in [0.05, 0.1) is 11.3 Å². The van der Waals surface area contributed by atoms with Crippen molar-refractivity contribution in [3.63, 3.8) is 0 Å². The van der Waals surface area contributed by atoms with Gasteiger partial charge in [0, 0.05) is 30.7 Å². The lowest BCUT2D eigenvalue weighted by Gasteiger charge is -2.10. The van der Waals surface area contributed by atoms with E-state index in [0.717, 1.165) is 5.69 Å². The van der Waals surface area contributed by atoms with E-state index in [1.807, 2.05) is 0 Å². The van der Waals surface area contributed by atoms with Gasteiger partial charge in [0.25, 0.3) is 11.8 Å². The average Bonchev–Trinajstić information content (AvgIpc) is 2.47. The van der Waals surface area contributed by atoms with Gasteiger partial charge in [-0.1, -0.05) is 0 Å². The topological polar surface area (TPSA) is 97.1 Å². The zero-order valence-corrected chi connectivity index (χ0v) is 10.9. The number of rotatable bonds is 4. The van der Waals surface area contributed by atoms with Crippen molar-refractivity contribution in [2.45, 2.75) is 0 Å². The van der Waals surface area contributed by atoms with Crippen LogP contribution in [0, 0.1) is 0 Å². The molecule has 1 aromatic carbocycles. The Morgan fingerprint density at radius 1 is 1.15 bits per heavy atom. The summed E-state index contributed by atoms with van der Waals surface area (Å²) in [5.74, 6) is -0.708. The van der Waals surface area contributed by atoms with E-state index < -0.39 is 5.91 Å². The standard InChI is InChI=1S/C14H14N4O2/c1-16-14(20)9-2-4-10(5-3-9)18-12-6-7-17-8-11(12)13(15)19/h2-8H,1H3,(H2,15,19)(H,16,20)(H,17,18). The highest BCUT2D eigenvalue weighted by molar-refractivity contribution is 5.99. The van der Waals surface area contributed by atoms with E-state index in [0.29, 0.717) is 16.8 Å². The van der Waals surface area contributed by atoms with Gasteiger partial charge in [0.15, 0.2) is 0 Å². The molecule has 2 amide bonds. The van der Waals surface area contributed by atoms with E-state index in [1.54, 1.807) is 43.6 Å². The molecular weight excluding hydrogens is 256 g/mol.